The Labute approximate surface area is 131 Å². The smallest absolute Gasteiger partial charge is 0.335 e. The van der Waals surface area contributed by atoms with Gasteiger partial charge < -0.3 is 15.2 Å². The molecular formula is C16H16BrNO3. The van der Waals surface area contributed by atoms with Crippen LogP contribution in [0.1, 0.15) is 21.5 Å². The van der Waals surface area contributed by atoms with Crippen molar-refractivity contribution in [2.24, 2.45) is 0 Å². The number of nitrogens with one attached hydrogen (secondary N) is 1. The minimum Gasteiger partial charge on any atom is -0.497 e. The van der Waals surface area contributed by atoms with E-state index in [1.165, 1.54) is 0 Å². The molecule has 0 unspecified atom stereocenters. The number of carboxylic acids is 1. The molecule has 0 heterocycles. The predicted octanol–water partition coefficient (Wildman–Crippen LogP) is 4.08. The van der Waals surface area contributed by atoms with Crippen molar-refractivity contribution in [3.05, 3.63) is 57.6 Å². The Morgan fingerprint density at radius 1 is 1.29 bits per heavy atom. The molecule has 0 radical (unpaired) electrons. The Morgan fingerprint density at radius 2 is 2.05 bits per heavy atom. The predicted molar refractivity (Wildman–Crippen MR) is 86.2 cm³/mol. The molecule has 0 saturated heterocycles. The number of halogens is 1. The number of rotatable bonds is 5. The van der Waals surface area contributed by atoms with Crippen LogP contribution in [-0.4, -0.2) is 18.2 Å². The molecule has 0 fully saturated rings. The maximum atomic E-state index is 11.0. The molecular weight excluding hydrogens is 334 g/mol. The van der Waals surface area contributed by atoms with Crippen LogP contribution in [0.15, 0.2) is 40.9 Å². The summed E-state index contributed by atoms with van der Waals surface area (Å²) >= 11 is 3.50. The topological polar surface area (TPSA) is 58.6 Å². The van der Waals surface area contributed by atoms with E-state index in [0.717, 1.165) is 27.0 Å². The van der Waals surface area contributed by atoms with Gasteiger partial charge in [-0.05, 0) is 48.4 Å². The van der Waals surface area contributed by atoms with Gasteiger partial charge in [-0.15, -0.1) is 0 Å². The third-order valence-corrected chi connectivity index (χ3v) is 3.98. The first-order valence-electron chi connectivity index (χ1n) is 6.41. The number of carbonyl (C=O) groups is 1. The van der Waals surface area contributed by atoms with Gasteiger partial charge in [0.15, 0.2) is 0 Å². The molecule has 0 atom stereocenters. The van der Waals surface area contributed by atoms with E-state index in [-0.39, 0.29) is 5.56 Å². The molecule has 4 nitrogen and oxygen atoms in total. The zero-order chi connectivity index (χ0) is 15.4. The summed E-state index contributed by atoms with van der Waals surface area (Å²) in [6.07, 6.45) is 0. The standard InChI is InChI=1S/C16H16BrNO3/c1-10-3-4-11(16(19)20)8-15(10)18-9-12-7-13(21-2)5-6-14(12)17/h3-8,18H,9H2,1-2H3,(H,19,20). The van der Waals surface area contributed by atoms with Crippen molar-refractivity contribution < 1.29 is 14.6 Å². The van der Waals surface area contributed by atoms with Gasteiger partial charge in [-0.2, -0.15) is 0 Å². The molecule has 2 N–H and O–H groups in total. The Hall–Kier alpha value is -2.01. The van der Waals surface area contributed by atoms with E-state index >= 15 is 0 Å². The zero-order valence-corrected chi connectivity index (χ0v) is 13.4. The number of benzene rings is 2. The summed E-state index contributed by atoms with van der Waals surface area (Å²) in [6, 6.07) is 10.8. The molecule has 2 rings (SSSR count). The van der Waals surface area contributed by atoms with E-state index in [4.69, 9.17) is 9.84 Å². The molecule has 0 aliphatic rings. The van der Waals surface area contributed by atoms with E-state index in [0.29, 0.717) is 6.54 Å². The highest BCUT2D eigenvalue weighted by atomic mass is 79.9. The minimum absolute atomic E-state index is 0.271. The van der Waals surface area contributed by atoms with Gasteiger partial charge in [0.1, 0.15) is 5.75 Å². The normalized spacial score (nSPS) is 10.2. The van der Waals surface area contributed by atoms with Gasteiger partial charge >= 0.3 is 5.97 Å². The number of carboxylic acid groups (broad SMARTS) is 1. The molecule has 0 saturated carbocycles. The van der Waals surface area contributed by atoms with Crippen LogP contribution in [0, 0.1) is 6.92 Å². The fourth-order valence-corrected chi connectivity index (χ4v) is 2.34. The summed E-state index contributed by atoms with van der Waals surface area (Å²) in [5.74, 6) is -0.147. The second-order valence-corrected chi connectivity index (χ2v) is 5.50. The van der Waals surface area contributed by atoms with Crippen LogP contribution >= 0.6 is 15.9 Å². The monoisotopic (exact) mass is 349 g/mol. The highest BCUT2D eigenvalue weighted by Crippen LogP contribution is 2.24. The summed E-state index contributed by atoms with van der Waals surface area (Å²) in [5.41, 5.74) is 3.12. The number of aromatic carboxylic acids is 1. The van der Waals surface area contributed by atoms with Gasteiger partial charge in [0.25, 0.3) is 0 Å². The highest BCUT2D eigenvalue weighted by Gasteiger charge is 2.07. The van der Waals surface area contributed by atoms with Gasteiger partial charge in [-0.1, -0.05) is 22.0 Å². The fraction of sp³-hybridized carbons (Fsp3) is 0.188. The summed E-state index contributed by atoms with van der Waals surface area (Å²) in [5, 5.41) is 12.3. The van der Waals surface area contributed by atoms with Crippen molar-refractivity contribution in [1.82, 2.24) is 0 Å². The number of aryl methyl sites for hydroxylation is 1. The molecule has 5 heteroatoms. The Balaban J connectivity index is 2.20. The molecule has 0 aliphatic heterocycles. The maximum Gasteiger partial charge on any atom is 0.335 e. The van der Waals surface area contributed by atoms with Crippen LogP contribution in [-0.2, 0) is 6.54 Å². The van der Waals surface area contributed by atoms with Crippen molar-refractivity contribution in [3.8, 4) is 5.75 Å². The van der Waals surface area contributed by atoms with E-state index in [1.54, 1.807) is 25.3 Å². The van der Waals surface area contributed by atoms with E-state index in [1.807, 2.05) is 25.1 Å². The number of methoxy groups -OCH3 is 1. The molecule has 0 aromatic heterocycles. The lowest BCUT2D eigenvalue weighted by Gasteiger charge is -2.12. The third kappa shape index (κ3) is 3.76. The summed E-state index contributed by atoms with van der Waals surface area (Å²) in [4.78, 5) is 11.0. The zero-order valence-electron chi connectivity index (χ0n) is 11.8. The van der Waals surface area contributed by atoms with Crippen LogP contribution in [0.4, 0.5) is 5.69 Å². The van der Waals surface area contributed by atoms with Crippen molar-refractivity contribution in [1.29, 1.82) is 0 Å². The fourth-order valence-electron chi connectivity index (χ4n) is 1.95. The molecule has 0 spiro atoms. The molecule has 21 heavy (non-hydrogen) atoms. The van der Waals surface area contributed by atoms with Crippen LogP contribution < -0.4 is 10.1 Å². The van der Waals surface area contributed by atoms with Gasteiger partial charge in [0.05, 0.1) is 12.7 Å². The van der Waals surface area contributed by atoms with Crippen molar-refractivity contribution in [2.45, 2.75) is 13.5 Å². The van der Waals surface area contributed by atoms with E-state index in [9.17, 15) is 4.79 Å². The van der Waals surface area contributed by atoms with Crippen LogP contribution in [0.2, 0.25) is 0 Å². The van der Waals surface area contributed by atoms with Gasteiger partial charge in [0.2, 0.25) is 0 Å². The molecule has 2 aromatic rings. The first-order valence-corrected chi connectivity index (χ1v) is 7.21. The Kier molecular flexibility index (Phi) is 4.85. The lowest BCUT2D eigenvalue weighted by atomic mass is 10.1. The first-order chi connectivity index (χ1) is 10.0. The molecule has 0 amide bonds. The molecule has 0 aliphatic carbocycles. The average molecular weight is 350 g/mol. The van der Waals surface area contributed by atoms with E-state index in [2.05, 4.69) is 21.2 Å². The van der Waals surface area contributed by atoms with Crippen molar-refractivity contribution in [3.63, 3.8) is 0 Å². The molecule has 110 valence electrons. The Bertz CT molecular complexity index is 671. The number of ether oxygens (including phenoxy) is 1. The van der Waals surface area contributed by atoms with Gasteiger partial charge in [-0.25, -0.2) is 4.79 Å². The summed E-state index contributed by atoms with van der Waals surface area (Å²) in [6.45, 7) is 2.51. The summed E-state index contributed by atoms with van der Waals surface area (Å²) < 4.78 is 6.18. The SMILES string of the molecule is COc1ccc(Br)c(CNc2cc(C(=O)O)ccc2C)c1. The van der Waals surface area contributed by atoms with Crippen LogP contribution in [0.3, 0.4) is 0 Å². The highest BCUT2D eigenvalue weighted by molar-refractivity contribution is 9.10. The quantitative estimate of drug-likeness (QED) is 0.853. The van der Waals surface area contributed by atoms with E-state index < -0.39 is 5.97 Å². The summed E-state index contributed by atoms with van der Waals surface area (Å²) in [7, 11) is 1.63. The second-order valence-electron chi connectivity index (χ2n) is 4.65. The average Bonchev–Trinajstić information content (AvgIpc) is 2.47. The van der Waals surface area contributed by atoms with Crippen LogP contribution in [0.5, 0.6) is 5.75 Å². The van der Waals surface area contributed by atoms with Gasteiger partial charge in [0, 0.05) is 16.7 Å². The van der Waals surface area contributed by atoms with Crippen LogP contribution in [0.25, 0.3) is 0 Å². The number of anilines is 1. The molecule has 0 bridgehead atoms. The number of hydrogen-bond donors (Lipinski definition) is 2. The lowest BCUT2D eigenvalue weighted by molar-refractivity contribution is 0.0697. The third-order valence-electron chi connectivity index (χ3n) is 3.21. The largest absolute Gasteiger partial charge is 0.497 e. The molecule has 2 aromatic carbocycles. The van der Waals surface area contributed by atoms with Crippen molar-refractivity contribution >= 4 is 27.6 Å². The minimum atomic E-state index is -0.930. The van der Waals surface area contributed by atoms with Gasteiger partial charge in [-0.3, -0.25) is 0 Å². The van der Waals surface area contributed by atoms with Crippen molar-refractivity contribution in [2.75, 3.05) is 12.4 Å². The maximum absolute atomic E-state index is 11.0. The number of hydrogen-bond acceptors (Lipinski definition) is 3. The second kappa shape index (κ2) is 6.63. The first kappa shape index (κ1) is 15.4. The lowest BCUT2D eigenvalue weighted by Crippen LogP contribution is -2.04. The Morgan fingerprint density at radius 3 is 2.71 bits per heavy atom.